The molecular weight excluding hydrogens is 872 g/mol. The molecule has 5 aliphatic heterocycles. The first-order chi connectivity index (χ1) is 31.6. The molecule has 9 rings (SSSR count). The summed E-state index contributed by atoms with van der Waals surface area (Å²) >= 11 is 0. The number of hydrogen-bond acceptors (Lipinski definition) is 15. The normalized spacial score (nSPS) is 25.2. The number of carbonyl (C=O) groups excluding carboxylic acids is 5. The number of ether oxygens (including phenoxy) is 1. The van der Waals surface area contributed by atoms with Crippen LogP contribution in [0.3, 0.4) is 0 Å². The molecule has 66 heavy (non-hydrogen) atoms. The van der Waals surface area contributed by atoms with Gasteiger partial charge in [0.1, 0.15) is 23.8 Å². The van der Waals surface area contributed by atoms with Gasteiger partial charge in [-0.2, -0.15) is 4.98 Å². The van der Waals surface area contributed by atoms with Crippen molar-refractivity contribution in [2.75, 3.05) is 70.9 Å². The Morgan fingerprint density at radius 1 is 0.970 bits per heavy atom. The smallest absolute Gasteiger partial charge is 0.262 e. The number of halogens is 1. The number of pyridine rings is 1. The summed E-state index contributed by atoms with van der Waals surface area (Å²) in [6.45, 7) is 11.0. The molecule has 0 spiro atoms. The Morgan fingerprint density at radius 3 is 2.47 bits per heavy atom. The van der Waals surface area contributed by atoms with Gasteiger partial charge in [0.2, 0.25) is 23.7 Å². The minimum Gasteiger partial charge on any atom is -0.378 e. The summed E-state index contributed by atoms with van der Waals surface area (Å²) in [4.78, 5) is 84.8. The zero-order valence-electron chi connectivity index (χ0n) is 37.0. The van der Waals surface area contributed by atoms with Gasteiger partial charge in [0.15, 0.2) is 9.84 Å². The van der Waals surface area contributed by atoms with E-state index < -0.39 is 62.9 Å². The van der Waals surface area contributed by atoms with E-state index in [4.69, 9.17) is 9.72 Å². The average Bonchev–Trinajstić information content (AvgIpc) is 3.53. The molecule has 346 valence electrons. The molecule has 3 N–H and O–H groups in total. The van der Waals surface area contributed by atoms with E-state index in [1.807, 2.05) is 37.8 Å². The van der Waals surface area contributed by atoms with Gasteiger partial charge in [-0.25, -0.2) is 22.8 Å². The number of hydrogen-bond donors (Lipinski definition) is 3. The van der Waals surface area contributed by atoms with Gasteiger partial charge in [-0.1, -0.05) is 20.4 Å². The lowest BCUT2D eigenvalue weighted by atomic mass is 9.84. The van der Waals surface area contributed by atoms with Crippen LogP contribution in [0.2, 0.25) is 0 Å². The van der Waals surface area contributed by atoms with Crippen LogP contribution in [0.25, 0.3) is 10.8 Å². The lowest BCUT2D eigenvalue weighted by Gasteiger charge is -2.53. The van der Waals surface area contributed by atoms with E-state index in [0.717, 1.165) is 26.9 Å². The molecular formula is C46H51FN10O8S. The highest BCUT2D eigenvalue weighted by Gasteiger charge is 2.50. The number of imide groups is 2. The summed E-state index contributed by atoms with van der Waals surface area (Å²) in [5, 5.41) is 9.33. The van der Waals surface area contributed by atoms with Crippen molar-refractivity contribution >= 4 is 84.8 Å². The summed E-state index contributed by atoms with van der Waals surface area (Å²) in [7, 11) is -2.06. The molecule has 6 atom stereocenters. The Bertz CT molecular complexity index is 2810. The second kappa shape index (κ2) is 17.4. The van der Waals surface area contributed by atoms with Crippen molar-refractivity contribution in [3.05, 3.63) is 78.1 Å². The van der Waals surface area contributed by atoms with E-state index in [9.17, 15) is 36.8 Å². The lowest BCUT2D eigenvalue weighted by Crippen LogP contribution is -2.64. The summed E-state index contributed by atoms with van der Waals surface area (Å²) in [6.07, 6.45) is 3.44. The zero-order valence-corrected chi connectivity index (χ0v) is 37.8. The summed E-state index contributed by atoms with van der Waals surface area (Å²) in [5.41, 5.74) is 3.04. The number of amides is 5. The molecule has 0 aliphatic carbocycles. The molecule has 20 heteroatoms. The number of alkyl halides is 1. The number of nitrogens with zero attached hydrogens (tertiary/aromatic N) is 7. The molecule has 4 fully saturated rings. The Kier molecular flexibility index (Phi) is 11.7. The maximum absolute atomic E-state index is 14.8. The van der Waals surface area contributed by atoms with Crippen LogP contribution in [0.5, 0.6) is 0 Å². The second-order valence-corrected chi connectivity index (χ2v) is 20.1. The van der Waals surface area contributed by atoms with E-state index in [1.165, 1.54) is 19.3 Å². The highest BCUT2D eigenvalue weighted by Crippen LogP contribution is 2.45. The van der Waals surface area contributed by atoms with E-state index in [-0.39, 0.29) is 67.2 Å². The largest absolute Gasteiger partial charge is 0.378 e. The maximum atomic E-state index is 14.8. The van der Waals surface area contributed by atoms with Crippen LogP contribution >= 0.6 is 0 Å². The number of fused-ring (bicyclic) bond motifs is 2. The maximum Gasteiger partial charge on any atom is 0.262 e. The lowest BCUT2D eigenvalue weighted by molar-refractivity contribution is -0.136. The fraction of sp³-hybridized carbons (Fsp3) is 0.435. The van der Waals surface area contributed by atoms with Crippen molar-refractivity contribution in [2.45, 2.75) is 75.6 Å². The van der Waals surface area contributed by atoms with Crippen LogP contribution < -0.4 is 30.7 Å². The topological polar surface area (TPSA) is 216 Å². The molecule has 4 saturated heterocycles. The highest BCUT2D eigenvalue weighted by molar-refractivity contribution is 7.92. The first kappa shape index (κ1) is 44.7. The molecule has 2 aromatic heterocycles. The molecule has 18 nitrogen and oxygen atoms in total. The number of carbonyl (C=O) groups is 5. The third-order valence-corrected chi connectivity index (χ3v) is 15.8. The Balaban J connectivity index is 0.976. The predicted molar refractivity (Wildman–Crippen MR) is 246 cm³/mol. The molecule has 5 amide bonds. The summed E-state index contributed by atoms with van der Waals surface area (Å²) in [6, 6.07) is 8.94. The van der Waals surface area contributed by atoms with E-state index in [0.29, 0.717) is 48.5 Å². The second-order valence-electron chi connectivity index (χ2n) is 17.8. The van der Waals surface area contributed by atoms with Gasteiger partial charge >= 0.3 is 0 Å². The number of aromatic nitrogens is 3. The Labute approximate surface area is 380 Å². The van der Waals surface area contributed by atoms with Crippen LogP contribution in [0.4, 0.5) is 39.0 Å². The number of nitrogens with one attached hydrogen (secondary N) is 3. The van der Waals surface area contributed by atoms with Crippen molar-refractivity contribution < 1.29 is 41.5 Å². The quantitative estimate of drug-likeness (QED) is 0.143. The average molecular weight is 923 g/mol. The van der Waals surface area contributed by atoms with Gasteiger partial charge in [-0.15, -0.1) is 0 Å². The fourth-order valence-electron chi connectivity index (χ4n) is 10.1. The third kappa shape index (κ3) is 7.98. The molecule has 5 aliphatic rings. The number of benzene rings is 2. The standard InChI is InChI=1S/C46H51FN10O8S/c1-6-40(58)50-33-19-35(30-20-49-39(18-28(30)42(33)24(2)3)51-38-11-13-48-46(52-38)55-14-12-36(65-5)32(47)22-55)56-21-31(25(56)4)37-23-54(15-16-66(37,63)64)26-7-8-27-29(17-26)45(62)57(44(27)61)34-9-10-41(59)53-43(34)60/h6-8,11,13,17-20,24-25,31-32,34,36-37H,1,9-10,12,14-16,21-23H2,2-5H3,(H,50,58)(H,53,59,60)(H,48,49,51,52)/t25?,31?,32-,34?,36+,37?/m0/s1. The van der Waals surface area contributed by atoms with E-state index in [1.54, 1.807) is 35.5 Å². The number of rotatable bonds is 11. The van der Waals surface area contributed by atoms with Gasteiger partial charge in [0.25, 0.3) is 11.8 Å². The summed E-state index contributed by atoms with van der Waals surface area (Å²) < 4.78 is 47.8. The monoisotopic (exact) mass is 922 g/mol. The minimum atomic E-state index is -3.56. The highest BCUT2D eigenvalue weighted by atomic mass is 32.2. The van der Waals surface area contributed by atoms with Crippen molar-refractivity contribution in [1.82, 2.24) is 25.2 Å². The van der Waals surface area contributed by atoms with Crippen LogP contribution in [0.15, 0.2) is 61.4 Å². The molecule has 2 aromatic carbocycles. The van der Waals surface area contributed by atoms with Gasteiger partial charge < -0.3 is 30.1 Å². The first-order valence-electron chi connectivity index (χ1n) is 22.1. The Morgan fingerprint density at radius 2 is 1.76 bits per heavy atom. The van der Waals surface area contributed by atoms with Crippen LogP contribution in [0, 0.1) is 5.92 Å². The molecule has 0 bridgehead atoms. The minimum absolute atomic E-state index is 0.00450. The van der Waals surface area contributed by atoms with Crippen LogP contribution in [-0.2, 0) is 29.0 Å². The number of sulfone groups is 1. The number of anilines is 6. The van der Waals surface area contributed by atoms with Crippen molar-refractivity contribution in [1.29, 1.82) is 0 Å². The molecule has 4 unspecified atom stereocenters. The van der Waals surface area contributed by atoms with Gasteiger partial charge in [-0.05, 0) is 79.1 Å². The number of methoxy groups -OCH3 is 1. The van der Waals surface area contributed by atoms with E-state index in [2.05, 4.69) is 37.4 Å². The van der Waals surface area contributed by atoms with Crippen molar-refractivity contribution in [3.8, 4) is 0 Å². The van der Waals surface area contributed by atoms with Gasteiger partial charge in [-0.3, -0.25) is 34.2 Å². The van der Waals surface area contributed by atoms with E-state index >= 15 is 0 Å². The molecule has 0 saturated carbocycles. The van der Waals surface area contributed by atoms with Crippen LogP contribution in [0.1, 0.15) is 72.2 Å². The van der Waals surface area contributed by atoms with Crippen molar-refractivity contribution in [3.63, 3.8) is 0 Å². The van der Waals surface area contributed by atoms with Gasteiger partial charge in [0, 0.05) is 86.5 Å². The SMILES string of the molecule is C=CC(=O)Nc1cc(N2CC(C3CN(c4ccc5c(c4)C(=O)N(C4CCC(=O)NC4=O)C5=O)CCS3(=O)=O)C2C)c2cnc(Nc3ccnc(N4CC[C@@H](OC)[C@@H](F)C4)n3)cc2c1C(C)C. The number of piperidine rings is 2. The molecule has 7 heterocycles. The fourth-order valence-corrected chi connectivity index (χ4v) is 12.1. The predicted octanol–water partition coefficient (Wildman–Crippen LogP) is 4.11. The van der Waals surface area contributed by atoms with Gasteiger partial charge in [0.05, 0.1) is 34.8 Å². The Hall–Kier alpha value is -6.54. The van der Waals surface area contributed by atoms with Crippen LogP contribution in [-0.4, -0.2) is 133 Å². The summed E-state index contributed by atoms with van der Waals surface area (Å²) in [5.74, 6) is -1.97. The third-order valence-electron chi connectivity index (χ3n) is 13.6. The zero-order chi connectivity index (χ0) is 46.8. The van der Waals surface area contributed by atoms with Crippen molar-refractivity contribution in [2.24, 2.45) is 5.92 Å². The molecule has 0 radical (unpaired) electrons. The first-order valence-corrected chi connectivity index (χ1v) is 23.8. The molecule has 4 aromatic rings.